The van der Waals surface area contributed by atoms with Gasteiger partial charge in [0.05, 0.1) is 0 Å². The summed E-state index contributed by atoms with van der Waals surface area (Å²) in [6, 6.07) is 9.81. The van der Waals surface area contributed by atoms with Crippen molar-refractivity contribution in [3.8, 4) is 5.75 Å². The summed E-state index contributed by atoms with van der Waals surface area (Å²) in [5.74, 6) is 2.55. The van der Waals surface area contributed by atoms with Crippen molar-refractivity contribution in [2.24, 2.45) is 0 Å². The average Bonchev–Trinajstić information content (AvgIpc) is 2.14. The molecule has 2 heteroatoms. The molecule has 64 valence electrons. The number of hydrogen-bond acceptors (Lipinski definition) is 2. The first-order valence-corrected chi connectivity index (χ1v) is 4.95. The third kappa shape index (κ3) is 3.49. The Morgan fingerprint density at radius 2 is 2.08 bits per heavy atom. The molecule has 0 atom stereocenters. The normalized spacial score (nSPS) is 9.33. The molecule has 0 aliphatic rings. The topological polar surface area (TPSA) is 9.23 Å². The second kappa shape index (κ2) is 5.72. The lowest BCUT2D eigenvalue weighted by Gasteiger charge is -2.03. The van der Waals surface area contributed by atoms with Gasteiger partial charge in [-0.25, -0.2) is 0 Å². The average molecular weight is 180 g/mol. The summed E-state index contributed by atoms with van der Waals surface area (Å²) in [6.45, 7) is 3.63. The van der Waals surface area contributed by atoms with Gasteiger partial charge in [-0.3, -0.25) is 0 Å². The summed E-state index contributed by atoms with van der Waals surface area (Å²) in [5, 5.41) is 0. The second-order valence-electron chi connectivity index (χ2n) is 2.23. The van der Waals surface area contributed by atoms with Gasteiger partial charge in [0.1, 0.15) is 11.7 Å². The molecule has 1 aromatic rings. The van der Waals surface area contributed by atoms with Crippen molar-refractivity contribution < 1.29 is 4.74 Å². The maximum absolute atomic E-state index is 5.42. The second-order valence-corrected chi connectivity index (χ2v) is 3.21. The van der Waals surface area contributed by atoms with E-state index in [2.05, 4.69) is 6.58 Å². The number of hydrogen-bond donors (Lipinski definition) is 0. The van der Waals surface area contributed by atoms with Crippen LogP contribution in [0.5, 0.6) is 5.75 Å². The molecular weight excluding hydrogens is 168 g/mol. The Hall–Kier alpha value is -0.890. The first-order chi connectivity index (χ1) is 5.93. The van der Waals surface area contributed by atoms with Crippen LogP contribution in [0.25, 0.3) is 0 Å². The Balaban J connectivity index is 2.20. The largest absolute Gasteiger partial charge is 0.483 e. The fourth-order valence-electron chi connectivity index (χ4n) is 0.758. The Morgan fingerprint density at radius 1 is 1.33 bits per heavy atom. The van der Waals surface area contributed by atoms with E-state index in [1.54, 1.807) is 11.8 Å². The molecule has 0 fully saturated rings. The number of para-hydroxylation sites is 1. The minimum absolute atomic E-state index is 0.691. The molecule has 1 rings (SSSR count). The summed E-state index contributed by atoms with van der Waals surface area (Å²) >= 11 is 1.71. The first-order valence-electron chi connectivity index (χ1n) is 3.80. The summed E-state index contributed by atoms with van der Waals surface area (Å²) < 4.78 is 5.42. The zero-order valence-electron chi connectivity index (χ0n) is 6.90. The Bertz CT molecular complexity index is 221. The Morgan fingerprint density at radius 3 is 2.75 bits per heavy atom. The summed E-state index contributed by atoms with van der Waals surface area (Å²) in [5.41, 5.74) is 0. The highest BCUT2D eigenvalue weighted by Crippen LogP contribution is 2.11. The quantitative estimate of drug-likeness (QED) is 0.391. The third-order valence-electron chi connectivity index (χ3n) is 1.29. The minimum Gasteiger partial charge on any atom is -0.483 e. The smallest absolute Gasteiger partial charge is 0.134 e. The molecule has 1 nitrogen and oxygen atoms in total. The van der Waals surface area contributed by atoms with Gasteiger partial charge in [-0.05, 0) is 12.1 Å². The van der Waals surface area contributed by atoms with Crippen molar-refractivity contribution >= 4 is 11.8 Å². The van der Waals surface area contributed by atoms with Crippen molar-refractivity contribution in [3.05, 3.63) is 43.0 Å². The maximum atomic E-state index is 5.42. The van der Waals surface area contributed by atoms with Gasteiger partial charge in [-0.15, -0.1) is 18.3 Å². The molecule has 0 aliphatic carbocycles. The molecule has 12 heavy (non-hydrogen) atoms. The Kier molecular flexibility index (Phi) is 4.39. The van der Waals surface area contributed by atoms with E-state index in [1.807, 2.05) is 36.4 Å². The van der Waals surface area contributed by atoms with E-state index in [1.165, 1.54) is 0 Å². The van der Waals surface area contributed by atoms with E-state index in [0.717, 1.165) is 11.5 Å². The lowest BCUT2D eigenvalue weighted by atomic mass is 10.3. The van der Waals surface area contributed by atoms with Gasteiger partial charge in [0.25, 0.3) is 0 Å². The lowest BCUT2D eigenvalue weighted by Crippen LogP contribution is -1.92. The zero-order chi connectivity index (χ0) is 8.65. The molecule has 0 saturated heterocycles. The van der Waals surface area contributed by atoms with Crippen LogP contribution in [-0.2, 0) is 0 Å². The molecule has 0 N–H and O–H groups in total. The van der Waals surface area contributed by atoms with Crippen LogP contribution in [0.15, 0.2) is 43.0 Å². The molecule has 0 heterocycles. The number of rotatable bonds is 5. The standard InChI is InChI=1S/C10H12OS/c1-2-8-12-9-11-10-6-4-3-5-7-10/h2-7H,1,8-9H2. The molecule has 0 amide bonds. The maximum Gasteiger partial charge on any atom is 0.134 e. The molecule has 0 aliphatic heterocycles. The highest BCUT2D eigenvalue weighted by Gasteiger charge is 1.89. The zero-order valence-corrected chi connectivity index (χ0v) is 7.72. The van der Waals surface area contributed by atoms with Gasteiger partial charge >= 0.3 is 0 Å². The van der Waals surface area contributed by atoms with Gasteiger partial charge in [-0.1, -0.05) is 24.3 Å². The van der Waals surface area contributed by atoms with Crippen LogP contribution in [0.4, 0.5) is 0 Å². The summed E-state index contributed by atoms with van der Waals surface area (Å²) in [4.78, 5) is 0. The van der Waals surface area contributed by atoms with Crippen molar-refractivity contribution in [3.63, 3.8) is 0 Å². The van der Waals surface area contributed by atoms with E-state index in [4.69, 9.17) is 4.74 Å². The van der Waals surface area contributed by atoms with Crippen LogP contribution in [0.1, 0.15) is 0 Å². The predicted octanol–water partition coefficient (Wildman–Crippen LogP) is 2.94. The molecule has 0 saturated carbocycles. The molecule has 1 aromatic carbocycles. The highest BCUT2D eigenvalue weighted by atomic mass is 32.2. The first kappa shape index (κ1) is 9.20. The van der Waals surface area contributed by atoms with Crippen molar-refractivity contribution in [1.82, 2.24) is 0 Å². The lowest BCUT2D eigenvalue weighted by molar-refractivity contribution is 0.393. The fourth-order valence-corrected chi connectivity index (χ4v) is 1.24. The summed E-state index contributed by atoms with van der Waals surface area (Å²) in [7, 11) is 0. The minimum atomic E-state index is 0.691. The van der Waals surface area contributed by atoms with E-state index >= 15 is 0 Å². The van der Waals surface area contributed by atoms with Crippen LogP contribution in [-0.4, -0.2) is 11.7 Å². The number of ether oxygens (including phenoxy) is 1. The van der Waals surface area contributed by atoms with Crippen molar-refractivity contribution in [1.29, 1.82) is 0 Å². The summed E-state index contributed by atoms with van der Waals surface area (Å²) in [6.07, 6.45) is 1.87. The van der Waals surface area contributed by atoms with Gasteiger partial charge < -0.3 is 4.74 Å². The van der Waals surface area contributed by atoms with E-state index in [9.17, 15) is 0 Å². The van der Waals surface area contributed by atoms with Gasteiger partial charge in [0.15, 0.2) is 0 Å². The fraction of sp³-hybridized carbons (Fsp3) is 0.200. The Labute approximate surface area is 77.4 Å². The SMILES string of the molecule is C=CCSCOc1ccccc1. The molecule has 0 spiro atoms. The van der Waals surface area contributed by atoms with Gasteiger partial charge in [0.2, 0.25) is 0 Å². The van der Waals surface area contributed by atoms with Crippen LogP contribution in [0.2, 0.25) is 0 Å². The third-order valence-corrected chi connectivity index (χ3v) is 2.04. The van der Waals surface area contributed by atoms with Crippen LogP contribution in [0.3, 0.4) is 0 Å². The molecule has 0 radical (unpaired) electrons. The van der Waals surface area contributed by atoms with E-state index in [-0.39, 0.29) is 0 Å². The molecule has 0 aromatic heterocycles. The monoisotopic (exact) mass is 180 g/mol. The molecule has 0 bridgehead atoms. The van der Waals surface area contributed by atoms with Crippen molar-refractivity contribution in [2.45, 2.75) is 0 Å². The van der Waals surface area contributed by atoms with Crippen molar-refractivity contribution in [2.75, 3.05) is 11.7 Å². The van der Waals surface area contributed by atoms with Crippen LogP contribution >= 0.6 is 11.8 Å². The number of thioether (sulfide) groups is 1. The van der Waals surface area contributed by atoms with Crippen LogP contribution < -0.4 is 4.74 Å². The number of benzene rings is 1. The highest BCUT2D eigenvalue weighted by molar-refractivity contribution is 7.99. The van der Waals surface area contributed by atoms with Gasteiger partial charge in [0, 0.05) is 5.75 Å². The van der Waals surface area contributed by atoms with E-state index in [0.29, 0.717) is 5.94 Å². The van der Waals surface area contributed by atoms with E-state index < -0.39 is 0 Å². The predicted molar refractivity (Wildman–Crippen MR) is 54.6 cm³/mol. The molecular formula is C10H12OS. The molecule has 0 unspecified atom stereocenters. The van der Waals surface area contributed by atoms with Crippen LogP contribution in [0, 0.1) is 0 Å². The van der Waals surface area contributed by atoms with Gasteiger partial charge in [-0.2, -0.15) is 0 Å².